The van der Waals surface area contributed by atoms with Crippen LogP contribution in [-0.4, -0.2) is 11.2 Å². The predicted octanol–water partition coefficient (Wildman–Crippen LogP) is 2.84. The monoisotopic (exact) mass is 249 g/mol. The highest BCUT2D eigenvalue weighted by Gasteiger charge is 2.09. The Morgan fingerprint density at radius 1 is 1.75 bits per heavy atom. The lowest BCUT2D eigenvalue weighted by atomic mass is 10.3. The van der Waals surface area contributed by atoms with Crippen molar-refractivity contribution in [2.75, 3.05) is 0 Å². The van der Waals surface area contributed by atoms with Crippen molar-refractivity contribution >= 4 is 33.4 Å². The summed E-state index contributed by atoms with van der Waals surface area (Å²) in [6.07, 6.45) is -0.993. The number of amides is 1. The molecule has 1 heterocycles. The summed E-state index contributed by atoms with van der Waals surface area (Å²) in [5.74, 6) is 0. The van der Waals surface area contributed by atoms with Crippen molar-refractivity contribution in [3.63, 3.8) is 0 Å². The summed E-state index contributed by atoms with van der Waals surface area (Å²) in [7, 11) is 0. The third kappa shape index (κ3) is 2.49. The molecule has 0 aliphatic heterocycles. The van der Waals surface area contributed by atoms with E-state index in [1.165, 1.54) is 11.3 Å². The lowest BCUT2D eigenvalue weighted by Gasteiger charge is -2.07. The molecule has 0 spiro atoms. The second-order valence-electron chi connectivity index (χ2n) is 2.31. The van der Waals surface area contributed by atoms with Crippen LogP contribution in [0.2, 0.25) is 0 Å². The Kier molecular flexibility index (Phi) is 3.11. The van der Waals surface area contributed by atoms with E-state index in [1.54, 1.807) is 0 Å². The molecule has 66 valence electrons. The van der Waals surface area contributed by atoms with Crippen LogP contribution in [0.15, 0.2) is 15.9 Å². The van der Waals surface area contributed by atoms with E-state index in [2.05, 4.69) is 21.2 Å². The summed E-state index contributed by atoms with van der Waals surface area (Å²) < 4.78 is 1.01. The van der Waals surface area contributed by atoms with Gasteiger partial charge >= 0.3 is 6.09 Å². The average Bonchev–Trinajstić information content (AvgIpc) is 2.34. The van der Waals surface area contributed by atoms with E-state index in [0.29, 0.717) is 0 Å². The Morgan fingerprint density at radius 3 is 2.83 bits per heavy atom. The maximum absolute atomic E-state index is 10.3. The zero-order valence-corrected chi connectivity index (χ0v) is 8.78. The summed E-state index contributed by atoms with van der Waals surface area (Å²) in [5, 5.41) is 10.8. The largest absolute Gasteiger partial charge is 0.465 e. The van der Waals surface area contributed by atoms with Crippen LogP contribution in [0.4, 0.5) is 4.79 Å². The first-order valence-electron chi connectivity index (χ1n) is 3.34. The summed E-state index contributed by atoms with van der Waals surface area (Å²) in [5.41, 5.74) is 0. The van der Waals surface area contributed by atoms with Gasteiger partial charge in [0.05, 0.1) is 9.83 Å². The van der Waals surface area contributed by atoms with Crippen molar-refractivity contribution in [3.05, 3.63) is 20.8 Å². The van der Waals surface area contributed by atoms with Crippen LogP contribution < -0.4 is 5.32 Å². The standard InChI is InChI=1S/C7H8BrNO2S/c1-4(9-7(10)11)5-2-3-6(8)12-5/h2-4,9H,1H3,(H,10,11). The molecule has 0 saturated carbocycles. The lowest BCUT2D eigenvalue weighted by Crippen LogP contribution is -2.23. The molecule has 5 heteroatoms. The molecular formula is C7H8BrNO2S. The van der Waals surface area contributed by atoms with Crippen LogP contribution in [-0.2, 0) is 0 Å². The van der Waals surface area contributed by atoms with Gasteiger partial charge in [-0.3, -0.25) is 0 Å². The van der Waals surface area contributed by atoms with Crippen LogP contribution >= 0.6 is 27.3 Å². The topological polar surface area (TPSA) is 49.3 Å². The van der Waals surface area contributed by atoms with Crippen molar-refractivity contribution in [3.8, 4) is 0 Å². The Morgan fingerprint density at radius 2 is 2.42 bits per heavy atom. The number of halogens is 1. The molecule has 0 fully saturated rings. The number of carbonyl (C=O) groups is 1. The normalized spacial score (nSPS) is 12.5. The van der Waals surface area contributed by atoms with E-state index in [-0.39, 0.29) is 6.04 Å². The molecule has 0 aliphatic carbocycles. The minimum absolute atomic E-state index is 0.140. The molecule has 1 aromatic heterocycles. The fraction of sp³-hybridized carbons (Fsp3) is 0.286. The zero-order valence-electron chi connectivity index (χ0n) is 6.37. The highest BCUT2D eigenvalue weighted by atomic mass is 79.9. The number of carboxylic acid groups (broad SMARTS) is 1. The van der Waals surface area contributed by atoms with Gasteiger partial charge in [-0.15, -0.1) is 11.3 Å². The van der Waals surface area contributed by atoms with Gasteiger partial charge in [0.2, 0.25) is 0 Å². The molecule has 0 saturated heterocycles. The molecule has 0 bridgehead atoms. The average molecular weight is 250 g/mol. The van der Waals surface area contributed by atoms with Crippen molar-refractivity contribution in [1.29, 1.82) is 0 Å². The smallest absolute Gasteiger partial charge is 0.405 e. The molecule has 0 radical (unpaired) electrons. The first-order valence-corrected chi connectivity index (χ1v) is 4.95. The van der Waals surface area contributed by atoms with Gasteiger partial charge in [0.15, 0.2) is 0 Å². The number of thiophene rings is 1. The Labute approximate surface area is 82.5 Å². The van der Waals surface area contributed by atoms with Crippen molar-refractivity contribution in [2.45, 2.75) is 13.0 Å². The number of nitrogens with one attached hydrogen (secondary N) is 1. The van der Waals surface area contributed by atoms with Crippen molar-refractivity contribution in [1.82, 2.24) is 5.32 Å². The highest BCUT2D eigenvalue weighted by molar-refractivity contribution is 9.11. The van der Waals surface area contributed by atoms with Gasteiger partial charge < -0.3 is 10.4 Å². The van der Waals surface area contributed by atoms with E-state index in [0.717, 1.165) is 8.66 Å². The first-order chi connectivity index (χ1) is 5.59. The quantitative estimate of drug-likeness (QED) is 0.847. The van der Waals surface area contributed by atoms with Gasteiger partial charge in [0.1, 0.15) is 0 Å². The van der Waals surface area contributed by atoms with Gasteiger partial charge in [0.25, 0.3) is 0 Å². The fourth-order valence-electron chi connectivity index (χ4n) is 0.817. The molecule has 2 N–H and O–H groups in total. The molecule has 1 atom stereocenters. The minimum Gasteiger partial charge on any atom is -0.465 e. The summed E-state index contributed by atoms with van der Waals surface area (Å²) >= 11 is 4.84. The van der Waals surface area contributed by atoms with Crippen molar-refractivity contribution < 1.29 is 9.90 Å². The molecule has 1 rings (SSSR count). The minimum atomic E-state index is -0.993. The van der Waals surface area contributed by atoms with E-state index >= 15 is 0 Å². The van der Waals surface area contributed by atoms with Crippen LogP contribution in [0.25, 0.3) is 0 Å². The highest BCUT2D eigenvalue weighted by Crippen LogP contribution is 2.26. The van der Waals surface area contributed by atoms with Gasteiger partial charge in [-0.05, 0) is 35.0 Å². The fourth-order valence-corrected chi connectivity index (χ4v) is 2.24. The second kappa shape index (κ2) is 3.91. The molecule has 3 nitrogen and oxygen atoms in total. The summed E-state index contributed by atoms with van der Waals surface area (Å²) in [6.45, 7) is 1.81. The lowest BCUT2D eigenvalue weighted by molar-refractivity contribution is 0.191. The van der Waals surface area contributed by atoms with Gasteiger partial charge in [0, 0.05) is 4.88 Å². The Balaban J connectivity index is 2.64. The molecular weight excluding hydrogens is 242 g/mol. The SMILES string of the molecule is CC(NC(=O)O)c1ccc(Br)s1. The number of hydrogen-bond acceptors (Lipinski definition) is 2. The predicted molar refractivity (Wildman–Crippen MR) is 51.6 cm³/mol. The second-order valence-corrected chi connectivity index (χ2v) is 4.81. The third-order valence-corrected chi connectivity index (χ3v) is 3.17. The van der Waals surface area contributed by atoms with Crippen LogP contribution in [0, 0.1) is 0 Å². The van der Waals surface area contributed by atoms with E-state index in [1.807, 2.05) is 19.1 Å². The molecule has 0 aliphatic rings. The molecule has 0 aromatic carbocycles. The molecule has 12 heavy (non-hydrogen) atoms. The van der Waals surface area contributed by atoms with E-state index < -0.39 is 6.09 Å². The zero-order chi connectivity index (χ0) is 9.14. The Hall–Kier alpha value is -0.550. The van der Waals surface area contributed by atoms with Crippen molar-refractivity contribution in [2.24, 2.45) is 0 Å². The third-order valence-electron chi connectivity index (χ3n) is 1.36. The molecule has 1 amide bonds. The molecule has 1 aromatic rings. The maximum atomic E-state index is 10.3. The van der Waals surface area contributed by atoms with Crippen LogP contribution in [0.3, 0.4) is 0 Å². The molecule has 1 unspecified atom stereocenters. The summed E-state index contributed by atoms with van der Waals surface area (Å²) in [4.78, 5) is 11.3. The number of hydrogen-bond donors (Lipinski definition) is 2. The Bertz CT molecular complexity index is 287. The first kappa shape index (κ1) is 9.54. The van der Waals surface area contributed by atoms with Crippen LogP contribution in [0.5, 0.6) is 0 Å². The number of rotatable bonds is 2. The van der Waals surface area contributed by atoms with Gasteiger partial charge in [-0.2, -0.15) is 0 Å². The van der Waals surface area contributed by atoms with E-state index in [4.69, 9.17) is 5.11 Å². The van der Waals surface area contributed by atoms with E-state index in [9.17, 15) is 4.79 Å². The maximum Gasteiger partial charge on any atom is 0.405 e. The van der Waals surface area contributed by atoms with Gasteiger partial charge in [-0.1, -0.05) is 0 Å². The van der Waals surface area contributed by atoms with Crippen LogP contribution in [0.1, 0.15) is 17.8 Å². The van der Waals surface area contributed by atoms with Gasteiger partial charge in [-0.25, -0.2) is 4.79 Å². The summed E-state index contributed by atoms with van der Waals surface area (Å²) in [6, 6.07) is 3.66.